The molecule has 2 nitrogen and oxygen atoms in total. The molecule has 2 aliphatic rings. The van der Waals surface area contributed by atoms with Gasteiger partial charge in [0, 0.05) is 53.1 Å². The van der Waals surface area contributed by atoms with E-state index in [-0.39, 0.29) is 16.2 Å². The van der Waals surface area contributed by atoms with Gasteiger partial charge in [0.1, 0.15) is 11.2 Å². The van der Waals surface area contributed by atoms with Crippen LogP contribution in [0.25, 0.3) is 64.4 Å². The van der Waals surface area contributed by atoms with Gasteiger partial charge in [0.2, 0.25) is 0 Å². The van der Waals surface area contributed by atoms with Gasteiger partial charge >= 0.3 is 0 Å². The second-order valence-corrected chi connectivity index (χ2v) is 18.9. The zero-order valence-electron chi connectivity index (χ0n) is 32.5. The molecule has 2 aromatic heterocycles. The molecule has 9 aromatic rings. The molecule has 3 heteroatoms. The number of nitrogens with zero attached hydrogens (tertiary/aromatic N) is 1. The second-order valence-electron chi connectivity index (χ2n) is 17.8. The average molecular weight is 730 g/mol. The van der Waals surface area contributed by atoms with Crippen molar-refractivity contribution in [3.63, 3.8) is 0 Å². The Morgan fingerprint density at radius 3 is 2.04 bits per heavy atom. The van der Waals surface area contributed by atoms with Gasteiger partial charge in [-0.3, -0.25) is 0 Å². The Morgan fingerprint density at radius 2 is 1.18 bits per heavy atom. The summed E-state index contributed by atoms with van der Waals surface area (Å²) in [4.78, 5) is 2.53. The Bertz CT molecular complexity index is 3090. The van der Waals surface area contributed by atoms with Crippen molar-refractivity contribution in [1.29, 1.82) is 0 Å². The first-order valence-electron chi connectivity index (χ1n) is 19.5. The van der Waals surface area contributed by atoms with Gasteiger partial charge < -0.3 is 9.32 Å². The number of hydrogen-bond donors (Lipinski definition) is 0. The van der Waals surface area contributed by atoms with E-state index in [1.165, 1.54) is 98.1 Å². The highest BCUT2D eigenvalue weighted by atomic mass is 32.1. The third-order valence-electron chi connectivity index (χ3n) is 12.8. The SMILES string of the molecule is CC(C)(C)c1ccc2oc3cc4c(cc3c2c1)-c1cccc(N(c2ccc3c(c2)C(C)(C)c2ccccc2-3)c2ccc3c(c2)sc2ccccc23)c1C4(C)C. The van der Waals surface area contributed by atoms with E-state index in [2.05, 4.69) is 187 Å². The minimum Gasteiger partial charge on any atom is -0.456 e. The number of furan rings is 1. The second kappa shape index (κ2) is 11.0. The van der Waals surface area contributed by atoms with Gasteiger partial charge in [0.25, 0.3) is 0 Å². The summed E-state index contributed by atoms with van der Waals surface area (Å²) in [5.74, 6) is 0. The Balaban J connectivity index is 1.15. The molecule has 0 aliphatic heterocycles. The molecule has 0 bridgehead atoms. The van der Waals surface area contributed by atoms with Crippen molar-refractivity contribution in [1.82, 2.24) is 0 Å². The maximum absolute atomic E-state index is 6.60. The highest BCUT2D eigenvalue weighted by molar-refractivity contribution is 7.25. The van der Waals surface area contributed by atoms with Crippen LogP contribution >= 0.6 is 11.3 Å². The van der Waals surface area contributed by atoms with E-state index >= 15 is 0 Å². The van der Waals surface area contributed by atoms with Crippen molar-refractivity contribution >= 4 is 70.5 Å². The lowest BCUT2D eigenvalue weighted by molar-refractivity contribution is 0.590. The summed E-state index contributed by atoms with van der Waals surface area (Å²) >= 11 is 1.88. The zero-order valence-corrected chi connectivity index (χ0v) is 33.3. The van der Waals surface area contributed by atoms with Gasteiger partial charge in [-0.2, -0.15) is 0 Å². The third kappa shape index (κ3) is 4.54. The van der Waals surface area contributed by atoms with Crippen LogP contribution in [0.1, 0.15) is 76.3 Å². The first-order chi connectivity index (χ1) is 26.4. The smallest absolute Gasteiger partial charge is 0.135 e. The van der Waals surface area contributed by atoms with Crippen molar-refractivity contribution < 1.29 is 4.42 Å². The van der Waals surface area contributed by atoms with Crippen LogP contribution in [-0.4, -0.2) is 0 Å². The Kier molecular flexibility index (Phi) is 6.54. The number of hydrogen-bond acceptors (Lipinski definition) is 3. The summed E-state index contributed by atoms with van der Waals surface area (Å²) in [6, 6.07) is 50.3. The lowest BCUT2D eigenvalue weighted by atomic mass is 9.80. The van der Waals surface area contributed by atoms with Crippen LogP contribution in [-0.2, 0) is 16.2 Å². The minimum atomic E-state index is -0.281. The number of fused-ring (bicyclic) bond motifs is 12. The van der Waals surface area contributed by atoms with E-state index in [0.717, 1.165) is 11.2 Å². The van der Waals surface area contributed by atoms with Gasteiger partial charge in [-0.05, 0) is 116 Å². The maximum Gasteiger partial charge on any atom is 0.135 e. The molecule has 55 heavy (non-hydrogen) atoms. The highest BCUT2D eigenvalue weighted by Crippen LogP contribution is 2.57. The Morgan fingerprint density at radius 1 is 0.491 bits per heavy atom. The monoisotopic (exact) mass is 729 g/mol. The lowest BCUT2D eigenvalue weighted by Crippen LogP contribution is -2.21. The fourth-order valence-corrected chi connectivity index (χ4v) is 11.0. The van der Waals surface area contributed by atoms with Crippen molar-refractivity contribution in [3.8, 4) is 22.3 Å². The third-order valence-corrected chi connectivity index (χ3v) is 13.9. The largest absolute Gasteiger partial charge is 0.456 e. The van der Waals surface area contributed by atoms with Gasteiger partial charge in [-0.15, -0.1) is 11.3 Å². The molecule has 0 fully saturated rings. The minimum absolute atomic E-state index is 0.0515. The first-order valence-corrected chi connectivity index (χ1v) is 20.3. The van der Waals surface area contributed by atoms with Gasteiger partial charge in [-0.1, -0.05) is 121 Å². The van der Waals surface area contributed by atoms with Crippen LogP contribution in [0.4, 0.5) is 17.1 Å². The molecule has 2 aliphatic carbocycles. The Labute approximate surface area is 326 Å². The average Bonchev–Trinajstić information content (AvgIpc) is 3.86. The summed E-state index contributed by atoms with van der Waals surface area (Å²) < 4.78 is 9.22. The molecule has 0 saturated heterocycles. The van der Waals surface area contributed by atoms with Crippen molar-refractivity contribution in [2.75, 3.05) is 4.90 Å². The maximum atomic E-state index is 6.60. The van der Waals surface area contributed by atoms with Gasteiger partial charge in [0.05, 0.1) is 5.69 Å². The molecular weight excluding hydrogens is 687 g/mol. The molecule has 0 spiro atoms. The molecule has 0 radical (unpaired) electrons. The van der Waals surface area contributed by atoms with E-state index < -0.39 is 0 Å². The fraction of sp³-hybridized carbons (Fsp3) is 0.192. The molecular formula is C52H43NOS. The van der Waals surface area contributed by atoms with Crippen LogP contribution in [0.15, 0.2) is 138 Å². The standard InChI is InChI=1S/C52H43NOS/c1-50(2,3)30-19-24-45-39(25-30)40-28-38-37-15-12-17-44(49(37)52(6,7)43(38)29-46(40)54-45)53(32-21-23-36-35-14-9-11-18-47(35)55-48(36)27-32)31-20-22-34-33-13-8-10-16-41(33)51(4,5)42(34)26-31/h8-29H,1-7H3. The first kappa shape index (κ1) is 32.8. The highest BCUT2D eigenvalue weighted by Gasteiger charge is 2.41. The van der Waals surface area contributed by atoms with E-state index in [0.29, 0.717) is 0 Å². The van der Waals surface area contributed by atoms with E-state index in [4.69, 9.17) is 4.42 Å². The predicted molar refractivity (Wildman–Crippen MR) is 235 cm³/mol. The summed E-state index contributed by atoms with van der Waals surface area (Å²) in [6.45, 7) is 16.4. The van der Waals surface area contributed by atoms with Crippen molar-refractivity contribution in [2.24, 2.45) is 0 Å². The molecule has 11 rings (SSSR count). The van der Waals surface area contributed by atoms with Crippen LogP contribution < -0.4 is 4.90 Å². The van der Waals surface area contributed by atoms with Gasteiger partial charge in [0.15, 0.2) is 0 Å². The number of benzene rings is 7. The number of rotatable bonds is 3. The summed E-state index contributed by atoms with van der Waals surface area (Å²) in [6.07, 6.45) is 0. The van der Waals surface area contributed by atoms with Crippen molar-refractivity contribution in [3.05, 3.63) is 161 Å². The quantitative estimate of drug-likeness (QED) is 0.180. The zero-order chi connectivity index (χ0) is 37.6. The van der Waals surface area contributed by atoms with E-state index in [1.54, 1.807) is 0 Å². The molecule has 0 saturated carbocycles. The number of thiophene rings is 1. The van der Waals surface area contributed by atoms with E-state index in [9.17, 15) is 0 Å². The topological polar surface area (TPSA) is 16.4 Å². The molecule has 0 unspecified atom stereocenters. The molecule has 0 atom stereocenters. The molecule has 0 N–H and O–H groups in total. The van der Waals surface area contributed by atoms with Gasteiger partial charge in [-0.25, -0.2) is 0 Å². The molecule has 268 valence electrons. The predicted octanol–water partition coefficient (Wildman–Crippen LogP) is 15.3. The fourth-order valence-electron chi connectivity index (χ4n) is 9.88. The van der Waals surface area contributed by atoms with Crippen LogP contribution in [0, 0.1) is 0 Å². The molecule has 0 amide bonds. The van der Waals surface area contributed by atoms with Crippen LogP contribution in [0.3, 0.4) is 0 Å². The number of anilines is 3. The Hall–Kier alpha value is -5.64. The van der Waals surface area contributed by atoms with Crippen LogP contribution in [0.5, 0.6) is 0 Å². The normalized spacial score (nSPS) is 15.1. The molecule has 2 heterocycles. The van der Waals surface area contributed by atoms with Crippen LogP contribution in [0.2, 0.25) is 0 Å². The van der Waals surface area contributed by atoms with Crippen molar-refractivity contribution in [2.45, 2.75) is 64.7 Å². The summed E-state index contributed by atoms with van der Waals surface area (Å²) in [5.41, 5.74) is 17.1. The lowest BCUT2D eigenvalue weighted by Gasteiger charge is -2.33. The van der Waals surface area contributed by atoms with E-state index in [1.807, 2.05) is 11.3 Å². The summed E-state index contributed by atoms with van der Waals surface area (Å²) in [5, 5.41) is 5.00. The summed E-state index contributed by atoms with van der Waals surface area (Å²) in [7, 11) is 0. The molecule has 7 aromatic carbocycles.